The second kappa shape index (κ2) is 5.54. The van der Waals surface area contributed by atoms with Crippen molar-refractivity contribution < 1.29 is 9.90 Å². The zero-order valence-corrected chi connectivity index (χ0v) is 11.2. The molecule has 0 aliphatic heterocycles. The lowest BCUT2D eigenvalue weighted by atomic mass is 9.90. The average molecular weight is 260 g/mol. The van der Waals surface area contributed by atoms with Crippen LogP contribution in [0.5, 0.6) is 0 Å². The van der Waals surface area contributed by atoms with Crippen molar-refractivity contribution in [1.29, 1.82) is 0 Å². The molecule has 0 atom stereocenters. The van der Waals surface area contributed by atoms with E-state index in [-0.39, 0.29) is 0 Å². The SMILES string of the molecule is CSCCNc1nc(C(C)(C)C(=O)O)cs1. The molecule has 2 N–H and O–H groups in total. The fraction of sp³-hybridized carbons (Fsp3) is 0.600. The maximum Gasteiger partial charge on any atom is 0.315 e. The van der Waals surface area contributed by atoms with Gasteiger partial charge in [-0.3, -0.25) is 4.79 Å². The molecule has 0 aliphatic rings. The number of thiazole rings is 1. The second-order valence-corrected chi connectivity index (χ2v) is 5.73. The number of carboxylic acids is 1. The number of hydrogen-bond donors (Lipinski definition) is 2. The Balaban J connectivity index is 2.67. The molecule has 6 heteroatoms. The predicted octanol–water partition coefficient (Wildman–Crippen LogP) is 2.28. The zero-order chi connectivity index (χ0) is 12.2. The first-order chi connectivity index (χ1) is 7.48. The van der Waals surface area contributed by atoms with Crippen LogP contribution in [-0.4, -0.2) is 34.6 Å². The first-order valence-electron chi connectivity index (χ1n) is 4.90. The molecule has 0 saturated carbocycles. The fourth-order valence-electron chi connectivity index (χ4n) is 1.01. The maximum absolute atomic E-state index is 11.0. The number of anilines is 1. The molecule has 0 saturated heterocycles. The molecule has 0 aliphatic carbocycles. The van der Waals surface area contributed by atoms with Gasteiger partial charge in [-0.1, -0.05) is 0 Å². The van der Waals surface area contributed by atoms with E-state index in [2.05, 4.69) is 10.3 Å². The highest BCUT2D eigenvalue weighted by atomic mass is 32.2. The quantitative estimate of drug-likeness (QED) is 0.768. The van der Waals surface area contributed by atoms with Gasteiger partial charge in [-0.25, -0.2) is 4.98 Å². The van der Waals surface area contributed by atoms with Gasteiger partial charge in [0.1, 0.15) is 5.41 Å². The van der Waals surface area contributed by atoms with Crippen LogP contribution < -0.4 is 5.32 Å². The number of aliphatic carboxylic acids is 1. The molecule has 0 unspecified atom stereocenters. The van der Waals surface area contributed by atoms with Crippen LogP contribution in [0.3, 0.4) is 0 Å². The molecular weight excluding hydrogens is 244 g/mol. The minimum atomic E-state index is -0.921. The first-order valence-corrected chi connectivity index (χ1v) is 7.18. The first kappa shape index (κ1) is 13.3. The van der Waals surface area contributed by atoms with E-state index in [1.807, 2.05) is 6.26 Å². The van der Waals surface area contributed by atoms with Crippen molar-refractivity contribution in [2.75, 3.05) is 23.9 Å². The van der Waals surface area contributed by atoms with Crippen molar-refractivity contribution in [3.05, 3.63) is 11.1 Å². The third-order valence-corrected chi connectivity index (χ3v) is 3.67. The molecule has 0 amide bonds. The van der Waals surface area contributed by atoms with Crippen molar-refractivity contribution in [3.63, 3.8) is 0 Å². The van der Waals surface area contributed by atoms with Gasteiger partial charge in [0.05, 0.1) is 5.69 Å². The van der Waals surface area contributed by atoms with Gasteiger partial charge < -0.3 is 10.4 Å². The lowest BCUT2D eigenvalue weighted by molar-refractivity contribution is -0.142. The minimum Gasteiger partial charge on any atom is -0.481 e. The van der Waals surface area contributed by atoms with Crippen LogP contribution >= 0.6 is 23.1 Å². The molecule has 0 fully saturated rings. The number of thioether (sulfide) groups is 1. The summed E-state index contributed by atoms with van der Waals surface area (Å²) in [6.45, 7) is 4.17. The summed E-state index contributed by atoms with van der Waals surface area (Å²) in [6.07, 6.45) is 2.04. The summed E-state index contributed by atoms with van der Waals surface area (Å²) in [6, 6.07) is 0. The van der Waals surface area contributed by atoms with Gasteiger partial charge in [0, 0.05) is 17.7 Å². The van der Waals surface area contributed by atoms with Crippen molar-refractivity contribution in [3.8, 4) is 0 Å². The highest BCUT2D eigenvalue weighted by Crippen LogP contribution is 2.27. The van der Waals surface area contributed by atoms with Gasteiger partial charge >= 0.3 is 5.97 Å². The summed E-state index contributed by atoms with van der Waals surface area (Å²) in [5.74, 6) is 0.158. The molecule has 1 aromatic rings. The average Bonchev–Trinajstić information content (AvgIpc) is 2.67. The van der Waals surface area contributed by atoms with Gasteiger partial charge in [-0.15, -0.1) is 11.3 Å². The standard InChI is InChI=1S/C10H16N2O2S2/c1-10(2,8(13)14)7-6-16-9(12-7)11-4-5-15-3/h6H,4-5H2,1-3H3,(H,11,12)(H,13,14). The number of carbonyl (C=O) groups is 1. The Labute approximate surface area is 103 Å². The van der Waals surface area contributed by atoms with Crippen LogP contribution in [0, 0.1) is 0 Å². The minimum absolute atomic E-state index is 0.608. The van der Waals surface area contributed by atoms with Crippen molar-refractivity contribution >= 4 is 34.2 Å². The van der Waals surface area contributed by atoms with E-state index in [0.717, 1.165) is 17.4 Å². The Morgan fingerprint density at radius 2 is 2.38 bits per heavy atom. The Morgan fingerprint density at radius 3 is 2.94 bits per heavy atom. The van der Waals surface area contributed by atoms with Gasteiger partial charge in [0.15, 0.2) is 5.13 Å². The van der Waals surface area contributed by atoms with E-state index in [9.17, 15) is 4.79 Å². The van der Waals surface area contributed by atoms with E-state index in [1.165, 1.54) is 11.3 Å². The van der Waals surface area contributed by atoms with E-state index >= 15 is 0 Å². The highest BCUT2D eigenvalue weighted by molar-refractivity contribution is 7.98. The summed E-state index contributed by atoms with van der Waals surface area (Å²) >= 11 is 3.21. The Hall–Kier alpha value is -0.750. The van der Waals surface area contributed by atoms with Crippen LogP contribution in [0.25, 0.3) is 0 Å². The van der Waals surface area contributed by atoms with E-state index in [4.69, 9.17) is 5.11 Å². The number of carboxylic acid groups (broad SMARTS) is 1. The van der Waals surface area contributed by atoms with Gasteiger partial charge in [-0.05, 0) is 20.1 Å². The third kappa shape index (κ3) is 3.12. The molecule has 4 nitrogen and oxygen atoms in total. The normalized spacial score (nSPS) is 11.4. The molecule has 90 valence electrons. The molecule has 1 heterocycles. The number of aromatic nitrogens is 1. The van der Waals surface area contributed by atoms with Crippen molar-refractivity contribution in [2.45, 2.75) is 19.3 Å². The summed E-state index contributed by atoms with van der Waals surface area (Å²) in [4.78, 5) is 15.3. The number of nitrogens with zero attached hydrogens (tertiary/aromatic N) is 1. The summed E-state index contributed by atoms with van der Waals surface area (Å²) < 4.78 is 0. The van der Waals surface area contributed by atoms with Crippen LogP contribution in [0.15, 0.2) is 5.38 Å². The smallest absolute Gasteiger partial charge is 0.315 e. The van der Waals surface area contributed by atoms with Crippen LogP contribution in [0.2, 0.25) is 0 Å². The molecular formula is C10H16N2O2S2. The topological polar surface area (TPSA) is 62.2 Å². The Morgan fingerprint density at radius 1 is 1.69 bits per heavy atom. The van der Waals surface area contributed by atoms with E-state index in [1.54, 1.807) is 31.0 Å². The fourth-order valence-corrected chi connectivity index (χ4v) is 2.22. The predicted molar refractivity (Wildman–Crippen MR) is 69.6 cm³/mol. The van der Waals surface area contributed by atoms with Crippen molar-refractivity contribution in [2.24, 2.45) is 0 Å². The Bertz CT molecular complexity index is 363. The molecule has 0 aromatic carbocycles. The van der Waals surface area contributed by atoms with Crippen LogP contribution in [0.4, 0.5) is 5.13 Å². The number of nitrogens with one attached hydrogen (secondary N) is 1. The van der Waals surface area contributed by atoms with Gasteiger partial charge in [-0.2, -0.15) is 11.8 Å². The maximum atomic E-state index is 11.0. The molecule has 1 rings (SSSR count). The number of rotatable bonds is 6. The van der Waals surface area contributed by atoms with Gasteiger partial charge in [0.2, 0.25) is 0 Å². The molecule has 0 radical (unpaired) electrons. The summed E-state index contributed by atoms with van der Waals surface area (Å²) in [5, 5.41) is 14.8. The molecule has 1 aromatic heterocycles. The Kier molecular flexibility index (Phi) is 4.61. The molecule has 16 heavy (non-hydrogen) atoms. The lowest BCUT2D eigenvalue weighted by Crippen LogP contribution is -2.28. The zero-order valence-electron chi connectivity index (χ0n) is 9.61. The highest BCUT2D eigenvalue weighted by Gasteiger charge is 2.32. The van der Waals surface area contributed by atoms with E-state index < -0.39 is 11.4 Å². The summed E-state index contributed by atoms with van der Waals surface area (Å²) in [5.41, 5.74) is -0.313. The second-order valence-electron chi connectivity index (χ2n) is 3.89. The molecule has 0 spiro atoms. The largest absolute Gasteiger partial charge is 0.481 e. The van der Waals surface area contributed by atoms with Crippen LogP contribution in [-0.2, 0) is 10.2 Å². The molecule has 0 bridgehead atoms. The monoisotopic (exact) mass is 260 g/mol. The number of hydrogen-bond acceptors (Lipinski definition) is 5. The van der Waals surface area contributed by atoms with Crippen molar-refractivity contribution in [1.82, 2.24) is 4.98 Å². The summed E-state index contributed by atoms with van der Waals surface area (Å²) in [7, 11) is 0. The van der Waals surface area contributed by atoms with Gasteiger partial charge in [0.25, 0.3) is 0 Å². The van der Waals surface area contributed by atoms with Crippen LogP contribution in [0.1, 0.15) is 19.5 Å². The third-order valence-electron chi connectivity index (χ3n) is 2.26. The lowest BCUT2D eigenvalue weighted by Gasteiger charge is -2.15. The van der Waals surface area contributed by atoms with E-state index in [0.29, 0.717) is 5.69 Å².